The van der Waals surface area contributed by atoms with Gasteiger partial charge in [-0.2, -0.15) is 10.2 Å². The molecular formula is C53H61FN12O5. The normalized spacial score (nSPS) is 16.1. The third kappa shape index (κ3) is 11.9. The lowest BCUT2D eigenvalue weighted by Crippen LogP contribution is -2.53. The number of piperazine rings is 2. The molecule has 3 saturated heterocycles. The van der Waals surface area contributed by atoms with Crippen molar-refractivity contribution in [3.8, 4) is 11.1 Å². The molecule has 370 valence electrons. The largest absolute Gasteiger partial charge is 0.338 e. The van der Waals surface area contributed by atoms with Crippen LogP contribution in [0, 0.1) is 11.7 Å². The van der Waals surface area contributed by atoms with E-state index >= 15 is 4.39 Å². The predicted octanol–water partition coefficient (Wildman–Crippen LogP) is 4.19. The molecule has 3 aromatic carbocycles. The summed E-state index contributed by atoms with van der Waals surface area (Å²) in [6, 6.07) is 21.7. The molecule has 71 heavy (non-hydrogen) atoms. The molecule has 6 aromatic rings. The highest BCUT2D eigenvalue weighted by atomic mass is 19.1. The molecule has 0 saturated carbocycles. The van der Waals surface area contributed by atoms with Crippen LogP contribution in [0.2, 0.25) is 0 Å². The molecule has 17 nitrogen and oxygen atoms in total. The molecule has 3 aliphatic rings. The number of halogens is 1. The van der Waals surface area contributed by atoms with Crippen LogP contribution in [-0.2, 0) is 36.0 Å². The van der Waals surface area contributed by atoms with Crippen LogP contribution in [0.1, 0.15) is 63.0 Å². The van der Waals surface area contributed by atoms with Crippen molar-refractivity contribution in [3.63, 3.8) is 0 Å². The number of aryl methyl sites for hydroxylation is 2. The van der Waals surface area contributed by atoms with Gasteiger partial charge in [-0.1, -0.05) is 55.5 Å². The Morgan fingerprint density at radius 3 is 2.23 bits per heavy atom. The minimum atomic E-state index is -0.610. The van der Waals surface area contributed by atoms with Crippen molar-refractivity contribution < 1.29 is 23.6 Å². The number of amides is 4. The number of hydrogen-bond donors (Lipinski definition) is 3. The molecule has 0 bridgehead atoms. The summed E-state index contributed by atoms with van der Waals surface area (Å²) in [6.45, 7) is 9.39. The van der Waals surface area contributed by atoms with E-state index in [1.54, 1.807) is 51.1 Å². The summed E-state index contributed by atoms with van der Waals surface area (Å²) in [7, 11) is 1.84. The number of nitrogens with zero attached hydrogens (tertiary/aromatic N) is 9. The SMILES string of the molecule is CCc1cccc(-c2cnc(C(=O)N3CCN(CC4CCN(CC(=O)N5CCN(C(=O)c6cc(Cc7n[nH]c(=O)c8ccccc78)ccc6F)CC5)CC4)CC3)c(NC(=O)CNCc3cnn(C)c3)c2)c1. The molecule has 0 atom stereocenters. The van der Waals surface area contributed by atoms with Gasteiger partial charge in [-0.25, -0.2) is 14.5 Å². The van der Waals surface area contributed by atoms with Crippen LogP contribution >= 0.6 is 0 Å². The van der Waals surface area contributed by atoms with E-state index in [0.29, 0.717) is 92.4 Å². The maximum absolute atomic E-state index is 15.1. The number of likely N-dealkylation sites (tertiary alicyclic amines) is 1. The molecule has 18 heteroatoms. The third-order valence-electron chi connectivity index (χ3n) is 14.0. The molecule has 0 aliphatic carbocycles. The van der Waals surface area contributed by atoms with Crippen LogP contribution in [0.4, 0.5) is 10.1 Å². The predicted molar refractivity (Wildman–Crippen MR) is 268 cm³/mol. The highest BCUT2D eigenvalue weighted by Gasteiger charge is 2.31. The van der Waals surface area contributed by atoms with Crippen molar-refractivity contribution in [1.29, 1.82) is 0 Å². The van der Waals surface area contributed by atoms with Gasteiger partial charge in [0.1, 0.15) is 5.82 Å². The van der Waals surface area contributed by atoms with Crippen LogP contribution in [0.5, 0.6) is 0 Å². The lowest BCUT2D eigenvalue weighted by atomic mass is 9.96. The fraction of sp³-hybridized carbons (Fsp3) is 0.396. The summed E-state index contributed by atoms with van der Waals surface area (Å²) in [5.41, 5.74) is 5.52. The summed E-state index contributed by atoms with van der Waals surface area (Å²) in [5, 5.41) is 18.3. The van der Waals surface area contributed by atoms with Gasteiger partial charge in [-0.3, -0.25) is 38.5 Å². The molecule has 4 amide bonds. The molecule has 3 aliphatic heterocycles. The molecule has 0 unspecified atom stereocenters. The number of piperidine rings is 1. The van der Waals surface area contributed by atoms with Gasteiger partial charge < -0.3 is 25.3 Å². The number of anilines is 1. The van der Waals surface area contributed by atoms with Gasteiger partial charge in [0.05, 0.1) is 41.6 Å². The van der Waals surface area contributed by atoms with Crippen molar-refractivity contribution in [1.82, 2.24) is 54.8 Å². The number of rotatable bonds is 15. The quantitative estimate of drug-likeness (QED) is 0.134. The number of carbonyl (C=O) groups is 4. The summed E-state index contributed by atoms with van der Waals surface area (Å²) < 4.78 is 16.8. The van der Waals surface area contributed by atoms with Crippen LogP contribution in [-0.4, -0.2) is 158 Å². The van der Waals surface area contributed by atoms with Gasteiger partial charge in [-0.05, 0) is 79.2 Å². The van der Waals surface area contributed by atoms with Gasteiger partial charge >= 0.3 is 0 Å². The zero-order valence-electron chi connectivity index (χ0n) is 40.4. The molecular weight excluding hydrogens is 904 g/mol. The first-order valence-electron chi connectivity index (χ1n) is 24.6. The van der Waals surface area contributed by atoms with Crippen molar-refractivity contribution in [3.05, 3.63) is 141 Å². The van der Waals surface area contributed by atoms with E-state index in [4.69, 9.17) is 0 Å². The molecule has 0 radical (unpaired) electrons. The van der Waals surface area contributed by atoms with Crippen LogP contribution in [0.25, 0.3) is 21.9 Å². The Labute approximate surface area is 412 Å². The Hall–Kier alpha value is -7.15. The number of H-pyrrole nitrogens is 1. The fourth-order valence-electron chi connectivity index (χ4n) is 9.88. The topological polar surface area (TPSA) is 185 Å². The van der Waals surface area contributed by atoms with Gasteiger partial charge in [0, 0.05) is 108 Å². The van der Waals surface area contributed by atoms with E-state index in [1.165, 1.54) is 11.6 Å². The van der Waals surface area contributed by atoms with E-state index in [2.05, 4.69) is 59.8 Å². The number of fused-ring (bicyclic) bond motifs is 1. The second kappa shape index (κ2) is 22.3. The Balaban J connectivity index is 0.721. The number of pyridine rings is 1. The summed E-state index contributed by atoms with van der Waals surface area (Å²) in [6.07, 6.45) is 8.46. The number of hydrogen-bond acceptors (Lipinski definition) is 11. The maximum atomic E-state index is 15.1. The van der Waals surface area contributed by atoms with Gasteiger partial charge in [-0.15, -0.1) is 0 Å². The summed E-state index contributed by atoms with van der Waals surface area (Å²) >= 11 is 0. The highest BCUT2D eigenvalue weighted by Crippen LogP contribution is 2.28. The van der Waals surface area contributed by atoms with E-state index < -0.39 is 11.7 Å². The Kier molecular flexibility index (Phi) is 15.3. The first-order valence-corrected chi connectivity index (χ1v) is 24.6. The summed E-state index contributed by atoms with van der Waals surface area (Å²) in [5.74, 6) is -1.02. The maximum Gasteiger partial charge on any atom is 0.274 e. The van der Waals surface area contributed by atoms with Crippen molar-refractivity contribution in [2.75, 3.05) is 90.4 Å². The Morgan fingerprint density at radius 1 is 0.746 bits per heavy atom. The number of aromatic nitrogens is 5. The monoisotopic (exact) mass is 964 g/mol. The van der Waals surface area contributed by atoms with Crippen LogP contribution in [0.15, 0.2) is 96.2 Å². The second-order valence-electron chi connectivity index (χ2n) is 18.9. The van der Waals surface area contributed by atoms with E-state index in [-0.39, 0.29) is 41.1 Å². The molecule has 3 aromatic heterocycles. The summed E-state index contributed by atoms with van der Waals surface area (Å²) in [4.78, 5) is 81.2. The molecule has 0 spiro atoms. The highest BCUT2D eigenvalue weighted by molar-refractivity contribution is 6.03. The van der Waals surface area contributed by atoms with Crippen LogP contribution < -0.4 is 16.2 Å². The molecule has 9 rings (SSSR count). The van der Waals surface area contributed by atoms with Crippen molar-refractivity contribution >= 4 is 40.1 Å². The zero-order valence-corrected chi connectivity index (χ0v) is 40.4. The Morgan fingerprint density at radius 2 is 1.48 bits per heavy atom. The minimum absolute atomic E-state index is 0.0276. The number of carbonyl (C=O) groups excluding carboxylic acids is 4. The molecule has 3 N–H and O–H groups in total. The smallest absolute Gasteiger partial charge is 0.274 e. The van der Waals surface area contributed by atoms with Gasteiger partial charge in [0.25, 0.3) is 17.4 Å². The van der Waals surface area contributed by atoms with Crippen molar-refractivity contribution in [2.24, 2.45) is 13.0 Å². The lowest BCUT2D eigenvalue weighted by molar-refractivity contribution is -0.134. The van der Waals surface area contributed by atoms with Gasteiger partial charge in [0.2, 0.25) is 11.8 Å². The van der Waals surface area contributed by atoms with Gasteiger partial charge in [0.15, 0.2) is 5.69 Å². The Bertz CT molecular complexity index is 2950. The van der Waals surface area contributed by atoms with E-state index in [1.807, 2.05) is 48.5 Å². The first-order chi connectivity index (χ1) is 34.5. The average Bonchev–Trinajstić information content (AvgIpc) is 3.82. The first kappa shape index (κ1) is 48.9. The average molecular weight is 965 g/mol. The fourth-order valence-corrected chi connectivity index (χ4v) is 9.88. The number of aromatic amines is 1. The van der Waals surface area contributed by atoms with Crippen LogP contribution in [0.3, 0.4) is 0 Å². The van der Waals surface area contributed by atoms with Crippen molar-refractivity contribution in [2.45, 2.75) is 39.2 Å². The second-order valence-corrected chi connectivity index (χ2v) is 18.9. The molecule has 6 heterocycles. The minimum Gasteiger partial charge on any atom is -0.338 e. The lowest BCUT2D eigenvalue weighted by Gasteiger charge is -2.39. The number of nitrogens with one attached hydrogen (secondary N) is 3. The standard InChI is InChI=1S/C53H61FN12O5/c1-3-36-7-6-8-40(25-36)41-28-47(58-48(67)32-55-29-39-30-57-61(2)33-39)50(56-31-41)53(71)66-19-17-63(18-20-66)34-37-13-15-62(16-14-37)35-49(68)64-21-23-65(24-22-64)52(70)44-26-38(11-12-45(44)54)27-46-42-9-4-5-10-43(42)51(69)60-59-46/h4-12,25-26,28,30-31,33,37,55H,3,13-24,27,29,32,34-35H2,1-2H3,(H,58,67)(H,60,69). The molecule has 3 fully saturated rings. The van der Waals surface area contributed by atoms with E-state index in [0.717, 1.165) is 68.7 Å². The number of benzene rings is 3. The third-order valence-corrected chi connectivity index (χ3v) is 14.0. The van der Waals surface area contributed by atoms with E-state index in [9.17, 15) is 24.0 Å². The zero-order chi connectivity index (χ0) is 49.4.